The number of benzene rings is 2. The fourth-order valence-electron chi connectivity index (χ4n) is 1.62. The van der Waals surface area contributed by atoms with E-state index in [0.29, 0.717) is 22.4 Å². The highest BCUT2D eigenvalue weighted by Gasteiger charge is 2.10. The van der Waals surface area contributed by atoms with Crippen LogP contribution in [0.25, 0.3) is 0 Å². The summed E-state index contributed by atoms with van der Waals surface area (Å²) in [6.07, 6.45) is 0. The summed E-state index contributed by atoms with van der Waals surface area (Å²) >= 11 is 0. The molecule has 0 aliphatic rings. The molecule has 0 saturated carbocycles. The minimum absolute atomic E-state index is 0.317. The number of carbonyl (C=O) groups is 2. The van der Waals surface area contributed by atoms with Crippen LogP contribution in [0.3, 0.4) is 0 Å². The van der Waals surface area contributed by atoms with E-state index in [4.69, 9.17) is 10.00 Å². The van der Waals surface area contributed by atoms with Crippen molar-refractivity contribution in [3.8, 4) is 11.8 Å². The first kappa shape index (κ1) is 14.3. The number of hydrogen-bond acceptors (Lipinski definition) is 5. The number of ether oxygens (including phenoxy) is 2. The van der Waals surface area contributed by atoms with Crippen molar-refractivity contribution in [3.63, 3.8) is 0 Å². The number of carbonyl (C=O) groups excluding carboxylic acids is 2. The molecule has 0 fully saturated rings. The van der Waals surface area contributed by atoms with Crippen LogP contribution in [0.5, 0.6) is 5.75 Å². The van der Waals surface area contributed by atoms with Crippen molar-refractivity contribution in [2.75, 3.05) is 7.11 Å². The first-order valence-corrected chi connectivity index (χ1v) is 6.05. The maximum atomic E-state index is 11.9. The van der Waals surface area contributed by atoms with Crippen LogP contribution in [0, 0.1) is 11.3 Å². The van der Waals surface area contributed by atoms with Gasteiger partial charge in [-0.25, -0.2) is 9.59 Å². The molecule has 0 unspecified atom stereocenters. The molecule has 0 N–H and O–H groups in total. The van der Waals surface area contributed by atoms with Crippen molar-refractivity contribution in [2.45, 2.75) is 0 Å². The van der Waals surface area contributed by atoms with Gasteiger partial charge in [0.1, 0.15) is 5.75 Å². The van der Waals surface area contributed by atoms with E-state index in [-0.39, 0.29) is 0 Å². The SMILES string of the molecule is COC(=O)c1ccc(OC(=O)c2ccc(C#N)cc2)cc1. The topological polar surface area (TPSA) is 76.4 Å². The Morgan fingerprint density at radius 3 is 1.95 bits per heavy atom. The van der Waals surface area contributed by atoms with Crippen molar-refractivity contribution in [1.29, 1.82) is 5.26 Å². The second-order valence-corrected chi connectivity index (χ2v) is 4.09. The molecular weight excluding hydrogens is 270 g/mol. The number of esters is 2. The van der Waals surface area contributed by atoms with Gasteiger partial charge in [0.2, 0.25) is 0 Å². The molecule has 0 atom stereocenters. The van der Waals surface area contributed by atoms with E-state index >= 15 is 0 Å². The van der Waals surface area contributed by atoms with Crippen LogP contribution in [-0.2, 0) is 4.74 Å². The predicted octanol–water partition coefficient (Wildman–Crippen LogP) is 2.56. The Morgan fingerprint density at radius 2 is 1.43 bits per heavy atom. The summed E-state index contributed by atoms with van der Waals surface area (Å²) in [4.78, 5) is 23.2. The number of methoxy groups -OCH3 is 1. The van der Waals surface area contributed by atoms with Crippen molar-refractivity contribution in [2.24, 2.45) is 0 Å². The Kier molecular flexibility index (Phi) is 4.32. The lowest BCUT2D eigenvalue weighted by atomic mass is 10.1. The van der Waals surface area contributed by atoms with Gasteiger partial charge in [-0.15, -0.1) is 0 Å². The van der Waals surface area contributed by atoms with E-state index in [1.807, 2.05) is 6.07 Å². The van der Waals surface area contributed by atoms with Crippen LogP contribution in [0.1, 0.15) is 26.3 Å². The average molecular weight is 281 g/mol. The Hall–Kier alpha value is -3.13. The van der Waals surface area contributed by atoms with Crippen LogP contribution in [0.15, 0.2) is 48.5 Å². The standard InChI is InChI=1S/C16H11NO4/c1-20-15(18)12-6-8-14(9-7-12)21-16(19)13-4-2-11(10-17)3-5-13/h2-9H,1H3. The molecule has 21 heavy (non-hydrogen) atoms. The van der Waals surface area contributed by atoms with Crippen LogP contribution in [0.4, 0.5) is 0 Å². The Balaban J connectivity index is 2.08. The highest BCUT2D eigenvalue weighted by atomic mass is 16.5. The third kappa shape index (κ3) is 3.45. The smallest absolute Gasteiger partial charge is 0.343 e. The lowest BCUT2D eigenvalue weighted by Crippen LogP contribution is -2.08. The van der Waals surface area contributed by atoms with Gasteiger partial charge in [0.05, 0.1) is 29.9 Å². The third-order valence-electron chi connectivity index (χ3n) is 2.74. The maximum Gasteiger partial charge on any atom is 0.343 e. The summed E-state index contributed by atoms with van der Waals surface area (Å²) in [6.45, 7) is 0. The van der Waals surface area contributed by atoms with Gasteiger partial charge in [-0.3, -0.25) is 0 Å². The third-order valence-corrected chi connectivity index (χ3v) is 2.74. The van der Waals surface area contributed by atoms with Gasteiger partial charge >= 0.3 is 11.9 Å². The predicted molar refractivity (Wildman–Crippen MR) is 73.9 cm³/mol. The summed E-state index contributed by atoms with van der Waals surface area (Å²) in [5, 5.41) is 8.69. The van der Waals surface area contributed by atoms with E-state index in [0.717, 1.165) is 0 Å². The normalized spacial score (nSPS) is 9.52. The van der Waals surface area contributed by atoms with Gasteiger partial charge < -0.3 is 9.47 Å². The van der Waals surface area contributed by atoms with Gasteiger partial charge in [-0.05, 0) is 48.5 Å². The lowest BCUT2D eigenvalue weighted by Gasteiger charge is -2.05. The van der Waals surface area contributed by atoms with Crippen LogP contribution < -0.4 is 4.74 Å². The molecule has 0 aliphatic carbocycles. The van der Waals surface area contributed by atoms with Gasteiger partial charge in [0, 0.05) is 0 Å². The molecular formula is C16H11NO4. The summed E-state index contributed by atoms with van der Waals surface area (Å²) in [7, 11) is 1.29. The van der Waals surface area contributed by atoms with Crippen molar-refractivity contribution in [3.05, 3.63) is 65.2 Å². The summed E-state index contributed by atoms with van der Waals surface area (Å²) in [6, 6.07) is 14.1. The van der Waals surface area contributed by atoms with Gasteiger partial charge in [0.15, 0.2) is 0 Å². The molecule has 2 aromatic carbocycles. The monoisotopic (exact) mass is 281 g/mol. The Labute approximate surface area is 121 Å². The van der Waals surface area contributed by atoms with E-state index in [2.05, 4.69) is 4.74 Å². The zero-order chi connectivity index (χ0) is 15.2. The summed E-state index contributed by atoms with van der Waals surface area (Å²) in [5.41, 5.74) is 1.18. The van der Waals surface area contributed by atoms with Crippen LogP contribution >= 0.6 is 0 Å². The van der Waals surface area contributed by atoms with Crippen LogP contribution in [-0.4, -0.2) is 19.0 Å². The van der Waals surface area contributed by atoms with Crippen LogP contribution in [0.2, 0.25) is 0 Å². The molecule has 0 heterocycles. The van der Waals surface area contributed by atoms with Gasteiger partial charge in [-0.1, -0.05) is 0 Å². The molecule has 0 radical (unpaired) electrons. The molecule has 0 aromatic heterocycles. The molecule has 0 aliphatic heterocycles. The fraction of sp³-hybridized carbons (Fsp3) is 0.0625. The zero-order valence-electron chi connectivity index (χ0n) is 11.2. The second-order valence-electron chi connectivity index (χ2n) is 4.09. The largest absolute Gasteiger partial charge is 0.465 e. The highest BCUT2D eigenvalue weighted by Crippen LogP contribution is 2.15. The Bertz CT molecular complexity index is 697. The number of hydrogen-bond donors (Lipinski definition) is 0. The molecule has 5 nitrogen and oxygen atoms in total. The van der Waals surface area contributed by atoms with Gasteiger partial charge in [-0.2, -0.15) is 5.26 Å². The van der Waals surface area contributed by atoms with Gasteiger partial charge in [0.25, 0.3) is 0 Å². The summed E-state index contributed by atoms with van der Waals surface area (Å²) < 4.78 is 9.74. The molecule has 2 rings (SSSR count). The minimum atomic E-state index is -0.537. The zero-order valence-corrected chi connectivity index (χ0v) is 11.2. The highest BCUT2D eigenvalue weighted by molar-refractivity contribution is 5.92. The Morgan fingerprint density at radius 1 is 0.905 bits per heavy atom. The molecule has 5 heteroatoms. The first-order valence-electron chi connectivity index (χ1n) is 6.05. The minimum Gasteiger partial charge on any atom is -0.465 e. The second kappa shape index (κ2) is 6.35. The van der Waals surface area contributed by atoms with E-state index in [9.17, 15) is 9.59 Å². The quantitative estimate of drug-likeness (QED) is 0.638. The van der Waals surface area contributed by atoms with E-state index in [1.165, 1.54) is 55.6 Å². The molecule has 0 saturated heterocycles. The lowest BCUT2D eigenvalue weighted by molar-refractivity contribution is 0.0600. The number of nitrogens with zero attached hydrogens (tertiary/aromatic N) is 1. The number of nitriles is 1. The molecule has 104 valence electrons. The molecule has 2 aromatic rings. The maximum absolute atomic E-state index is 11.9. The van der Waals surface area contributed by atoms with Crippen molar-refractivity contribution >= 4 is 11.9 Å². The van der Waals surface area contributed by atoms with E-state index < -0.39 is 11.9 Å². The first-order chi connectivity index (χ1) is 10.1. The van der Waals surface area contributed by atoms with Crippen molar-refractivity contribution in [1.82, 2.24) is 0 Å². The fourth-order valence-corrected chi connectivity index (χ4v) is 1.62. The van der Waals surface area contributed by atoms with Crippen molar-refractivity contribution < 1.29 is 19.1 Å². The number of rotatable bonds is 3. The van der Waals surface area contributed by atoms with E-state index in [1.54, 1.807) is 0 Å². The summed E-state index contributed by atoms with van der Waals surface area (Å²) in [5.74, 6) is -0.678. The molecule has 0 spiro atoms. The average Bonchev–Trinajstić information content (AvgIpc) is 2.55. The molecule has 0 bridgehead atoms. The molecule has 0 amide bonds.